The Bertz CT molecular complexity index is 592. The second kappa shape index (κ2) is 21.6. The van der Waals surface area contributed by atoms with Crippen LogP contribution in [-0.2, 0) is 4.74 Å². The van der Waals surface area contributed by atoms with Crippen LogP contribution in [0.1, 0.15) is 130 Å². The molecule has 0 aliphatic rings. The predicted octanol–water partition coefficient (Wildman–Crippen LogP) is 6.82. The van der Waals surface area contributed by atoms with Gasteiger partial charge >= 0.3 is 5.97 Å². The SMILES string of the molecule is CCCCCCCCCCCCCCCCCCOC(=O)c1ccccc1C(N)=O.[K]. The quantitative estimate of drug-likeness (QED) is 0.141. The van der Waals surface area contributed by atoms with Crippen molar-refractivity contribution in [3.63, 3.8) is 0 Å². The Balaban J connectivity index is 0.00000900. The second-order valence-corrected chi connectivity index (χ2v) is 8.35. The zero-order valence-corrected chi connectivity index (χ0v) is 23.3. The second-order valence-electron chi connectivity index (χ2n) is 8.35. The fourth-order valence-corrected chi connectivity index (χ4v) is 3.77. The van der Waals surface area contributed by atoms with Crippen molar-refractivity contribution in [2.75, 3.05) is 6.61 Å². The van der Waals surface area contributed by atoms with Crippen molar-refractivity contribution in [2.24, 2.45) is 5.73 Å². The van der Waals surface area contributed by atoms with E-state index in [1.54, 1.807) is 24.3 Å². The van der Waals surface area contributed by atoms with E-state index in [0.29, 0.717) is 6.61 Å². The molecule has 1 aromatic carbocycles. The van der Waals surface area contributed by atoms with Gasteiger partial charge < -0.3 is 10.5 Å². The number of carbonyl (C=O) groups is 2. The first-order valence-electron chi connectivity index (χ1n) is 12.2. The van der Waals surface area contributed by atoms with Gasteiger partial charge in [0, 0.05) is 51.4 Å². The number of hydrogen-bond acceptors (Lipinski definition) is 3. The summed E-state index contributed by atoms with van der Waals surface area (Å²) in [4.78, 5) is 23.5. The largest absolute Gasteiger partial charge is 0.462 e. The molecule has 1 radical (unpaired) electrons. The number of amides is 1. The van der Waals surface area contributed by atoms with Gasteiger partial charge in [0.05, 0.1) is 17.7 Å². The van der Waals surface area contributed by atoms with Gasteiger partial charge in [0.2, 0.25) is 5.91 Å². The summed E-state index contributed by atoms with van der Waals surface area (Å²) in [5, 5.41) is 0. The molecule has 0 heterocycles. The molecule has 0 fully saturated rings. The Kier molecular flexibility index (Phi) is 21.5. The Labute approximate surface area is 232 Å². The Morgan fingerprint density at radius 3 is 1.48 bits per heavy atom. The van der Waals surface area contributed by atoms with Crippen LogP contribution in [0.5, 0.6) is 0 Å². The number of hydrogen-bond donors (Lipinski definition) is 1. The smallest absolute Gasteiger partial charge is 0.338 e. The van der Waals surface area contributed by atoms with E-state index in [2.05, 4.69) is 6.92 Å². The maximum atomic E-state index is 12.1. The monoisotopic (exact) mass is 456 g/mol. The fourth-order valence-electron chi connectivity index (χ4n) is 3.77. The summed E-state index contributed by atoms with van der Waals surface area (Å²) in [6.45, 7) is 2.66. The van der Waals surface area contributed by atoms with E-state index < -0.39 is 11.9 Å². The standard InChI is InChI=1S/C26H43NO3.K/c1-2-3-4-5-6-7-8-9-10-11-12-13-14-15-16-19-22-30-26(29)24-21-18-17-20-23(24)25(27)28;/h17-18,20-21H,2-16,19,22H2,1H3,(H2,27,28);. The van der Waals surface area contributed by atoms with Crippen molar-refractivity contribution < 1.29 is 14.3 Å². The van der Waals surface area contributed by atoms with Crippen molar-refractivity contribution in [1.82, 2.24) is 0 Å². The molecule has 4 nitrogen and oxygen atoms in total. The molecule has 31 heavy (non-hydrogen) atoms. The van der Waals surface area contributed by atoms with Crippen LogP contribution in [-0.4, -0.2) is 69.9 Å². The molecule has 1 rings (SSSR count). The molecule has 0 spiro atoms. The van der Waals surface area contributed by atoms with Gasteiger partial charge in [0.1, 0.15) is 0 Å². The van der Waals surface area contributed by atoms with Crippen LogP contribution >= 0.6 is 0 Å². The third kappa shape index (κ3) is 16.1. The molecule has 0 unspecified atom stereocenters. The van der Waals surface area contributed by atoms with Gasteiger partial charge in [-0.05, 0) is 18.6 Å². The number of ether oxygens (including phenoxy) is 1. The molecule has 0 saturated heterocycles. The van der Waals surface area contributed by atoms with Gasteiger partial charge in [0.15, 0.2) is 0 Å². The molecular formula is C26H43KNO3. The average molecular weight is 457 g/mol. The molecular weight excluding hydrogens is 413 g/mol. The van der Waals surface area contributed by atoms with Crippen LogP contribution in [0.3, 0.4) is 0 Å². The minimum absolute atomic E-state index is 0. The summed E-state index contributed by atoms with van der Waals surface area (Å²) in [6.07, 6.45) is 21.0. The number of esters is 1. The minimum Gasteiger partial charge on any atom is -0.462 e. The summed E-state index contributed by atoms with van der Waals surface area (Å²) in [5.41, 5.74) is 5.77. The minimum atomic E-state index is -0.607. The maximum Gasteiger partial charge on any atom is 0.338 e. The van der Waals surface area contributed by atoms with Gasteiger partial charge in [-0.25, -0.2) is 4.79 Å². The molecule has 0 saturated carbocycles. The van der Waals surface area contributed by atoms with Crippen LogP contribution in [0.4, 0.5) is 0 Å². The number of carbonyl (C=O) groups excluding carboxylic acids is 2. The van der Waals surface area contributed by atoms with Crippen LogP contribution in [0.25, 0.3) is 0 Å². The van der Waals surface area contributed by atoms with Crippen LogP contribution < -0.4 is 5.73 Å². The van der Waals surface area contributed by atoms with Crippen LogP contribution in [0.15, 0.2) is 24.3 Å². The number of benzene rings is 1. The van der Waals surface area contributed by atoms with E-state index in [-0.39, 0.29) is 62.5 Å². The third-order valence-corrected chi connectivity index (χ3v) is 5.64. The van der Waals surface area contributed by atoms with Crippen LogP contribution in [0.2, 0.25) is 0 Å². The maximum absolute atomic E-state index is 12.1. The van der Waals surface area contributed by atoms with Crippen molar-refractivity contribution in [1.29, 1.82) is 0 Å². The molecule has 171 valence electrons. The van der Waals surface area contributed by atoms with E-state index >= 15 is 0 Å². The first-order valence-corrected chi connectivity index (χ1v) is 12.2. The van der Waals surface area contributed by atoms with Gasteiger partial charge in [0.25, 0.3) is 0 Å². The fraction of sp³-hybridized carbons (Fsp3) is 0.692. The first kappa shape index (κ1) is 30.8. The van der Waals surface area contributed by atoms with Crippen molar-refractivity contribution in [3.8, 4) is 0 Å². The molecule has 1 aromatic rings. The van der Waals surface area contributed by atoms with Crippen LogP contribution in [0, 0.1) is 0 Å². The Morgan fingerprint density at radius 1 is 0.677 bits per heavy atom. The first-order chi connectivity index (χ1) is 14.7. The molecule has 0 aliphatic carbocycles. The van der Waals surface area contributed by atoms with Crippen molar-refractivity contribution in [3.05, 3.63) is 35.4 Å². The van der Waals surface area contributed by atoms with E-state index in [4.69, 9.17) is 10.5 Å². The van der Waals surface area contributed by atoms with Crippen molar-refractivity contribution >= 4 is 63.3 Å². The molecule has 0 aliphatic heterocycles. The molecule has 2 N–H and O–H groups in total. The average Bonchev–Trinajstić information content (AvgIpc) is 2.75. The molecule has 1 amide bonds. The van der Waals surface area contributed by atoms with Gasteiger partial charge in [-0.3, -0.25) is 4.79 Å². The van der Waals surface area contributed by atoms with Crippen molar-refractivity contribution in [2.45, 2.75) is 110 Å². The van der Waals surface area contributed by atoms with Gasteiger partial charge in [-0.15, -0.1) is 0 Å². The molecule has 5 heteroatoms. The third-order valence-electron chi connectivity index (χ3n) is 5.64. The summed E-state index contributed by atoms with van der Waals surface area (Å²) in [6, 6.07) is 6.52. The number of primary amides is 1. The van der Waals surface area contributed by atoms with Gasteiger partial charge in [-0.2, -0.15) is 0 Å². The molecule has 0 aromatic heterocycles. The summed E-state index contributed by atoms with van der Waals surface area (Å²) in [7, 11) is 0. The number of nitrogens with two attached hydrogens (primary N) is 1. The Morgan fingerprint density at radius 2 is 1.06 bits per heavy atom. The van der Waals surface area contributed by atoms with E-state index in [9.17, 15) is 9.59 Å². The van der Waals surface area contributed by atoms with E-state index in [1.807, 2.05) is 0 Å². The summed E-state index contributed by atoms with van der Waals surface area (Å²) >= 11 is 0. The zero-order valence-electron chi connectivity index (χ0n) is 20.1. The topological polar surface area (TPSA) is 69.4 Å². The molecule has 0 bridgehead atoms. The number of unbranched alkanes of at least 4 members (excludes halogenated alkanes) is 15. The summed E-state index contributed by atoms with van der Waals surface area (Å²) < 4.78 is 5.29. The van der Waals surface area contributed by atoms with Gasteiger partial charge in [-0.1, -0.05) is 115 Å². The predicted molar refractivity (Wildman–Crippen MR) is 131 cm³/mol. The zero-order chi connectivity index (χ0) is 21.9. The number of rotatable bonds is 19. The van der Waals surface area contributed by atoms with E-state index in [1.165, 1.54) is 89.9 Å². The molecule has 0 atom stereocenters. The normalized spacial score (nSPS) is 10.5. The Hall–Kier alpha value is -0.204. The summed E-state index contributed by atoms with van der Waals surface area (Å²) in [5.74, 6) is -1.07. The van der Waals surface area contributed by atoms with E-state index in [0.717, 1.165) is 12.8 Å².